The Morgan fingerprint density at radius 1 is 1.26 bits per heavy atom. The molecule has 0 atom stereocenters. The Kier molecular flexibility index (Phi) is 6.41. The largest absolute Gasteiger partial charge is 0.491 e. The van der Waals surface area contributed by atoms with Crippen LogP contribution in [0.15, 0.2) is 29.6 Å². The first-order chi connectivity index (χ1) is 15.0. The van der Waals surface area contributed by atoms with Crippen molar-refractivity contribution in [2.45, 2.75) is 38.3 Å². The number of urea groups is 1. The highest BCUT2D eigenvalue weighted by atomic mass is 32.1. The van der Waals surface area contributed by atoms with E-state index in [1.807, 2.05) is 18.2 Å². The number of thiophene rings is 1. The Morgan fingerprint density at radius 2 is 2.10 bits per heavy atom. The molecule has 1 aliphatic carbocycles. The van der Waals surface area contributed by atoms with Crippen molar-refractivity contribution in [3.8, 4) is 5.75 Å². The smallest absolute Gasteiger partial charge is 0.350 e. The van der Waals surface area contributed by atoms with Crippen molar-refractivity contribution in [1.82, 2.24) is 10.2 Å². The maximum Gasteiger partial charge on any atom is 0.350 e. The van der Waals surface area contributed by atoms with Gasteiger partial charge < -0.3 is 25.0 Å². The molecule has 4 rings (SSSR count). The SMILES string of the molecule is COC(=O)c1sccc1NC(=O)N1CCOc2ccc(CCC(=O)NC3CC3)cc2C1. The molecule has 0 saturated heterocycles. The molecule has 1 fully saturated rings. The Balaban J connectivity index is 1.40. The fourth-order valence-corrected chi connectivity index (χ4v) is 4.18. The molecule has 8 nitrogen and oxygen atoms in total. The second kappa shape index (κ2) is 9.38. The van der Waals surface area contributed by atoms with E-state index in [4.69, 9.17) is 9.47 Å². The Labute approximate surface area is 184 Å². The number of carbonyl (C=O) groups excluding carboxylic acids is 3. The van der Waals surface area contributed by atoms with Crippen LogP contribution in [0.3, 0.4) is 0 Å². The number of nitrogens with one attached hydrogen (secondary N) is 2. The molecule has 31 heavy (non-hydrogen) atoms. The van der Waals surface area contributed by atoms with Crippen LogP contribution >= 0.6 is 11.3 Å². The highest BCUT2D eigenvalue weighted by molar-refractivity contribution is 7.12. The van der Waals surface area contributed by atoms with E-state index in [9.17, 15) is 14.4 Å². The lowest BCUT2D eigenvalue weighted by Crippen LogP contribution is -2.36. The molecule has 1 aromatic carbocycles. The van der Waals surface area contributed by atoms with Gasteiger partial charge in [-0.3, -0.25) is 4.79 Å². The number of anilines is 1. The molecule has 0 bridgehead atoms. The standard InChI is InChI=1S/C22H25N3O5S/c1-29-21(27)20-17(8-11-31-20)24-22(28)25-9-10-30-18-6-2-14(12-15(18)13-25)3-7-19(26)23-16-4-5-16/h2,6,8,11-12,16H,3-5,7,9-10,13H2,1H3,(H,23,26)(H,24,28). The van der Waals surface area contributed by atoms with Gasteiger partial charge in [-0.05, 0) is 42.3 Å². The fraction of sp³-hybridized carbons (Fsp3) is 0.409. The third-order valence-corrected chi connectivity index (χ3v) is 6.15. The summed E-state index contributed by atoms with van der Waals surface area (Å²) in [6.45, 7) is 1.16. The summed E-state index contributed by atoms with van der Waals surface area (Å²) in [6.07, 6.45) is 3.23. The number of methoxy groups -OCH3 is 1. The van der Waals surface area contributed by atoms with Gasteiger partial charge in [-0.1, -0.05) is 12.1 Å². The second-order valence-electron chi connectivity index (χ2n) is 7.64. The van der Waals surface area contributed by atoms with Crippen molar-refractivity contribution >= 4 is 34.9 Å². The number of benzene rings is 1. The molecule has 1 aromatic heterocycles. The average molecular weight is 444 g/mol. The molecule has 2 N–H and O–H groups in total. The van der Waals surface area contributed by atoms with Gasteiger partial charge >= 0.3 is 12.0 Å². The number of nitrogens with zero attached hydrogens (tertiary/aromatic N) is 1. The first-order valence-corrected chi connectivity index (χ1v) is 11.2. The van der Waals surface area contributed by atoms with Crippen LogP contribution in [0.2, 0.25) is 0 Å². The highest BCUT2D eigenvalue weighted by Crippen LogP contribution is 2.27. The number of carbonyl (C=O) groups is 3. The molecule has 0 unspecified atom stereocenters. The minimum atomic E-state index is -0.481. The summed E-state index contributed by atoms with van der Waals surface area (Å²) < 4.78 is 10.6. The van der Waals surface area contributed by atoms with Gasteiger partial charge in [0.1, 0.15) is 17.2 Å². The van der Waals surface area contributed by atoms with Gasteiger partial charge in [-0.2, -0.15) is 0 Å². The lowest BCUT2D eigenvalue weighted by molar-refractivity contribution is -0.121. The number of aryl methyl sites for hydroxylation is 1. The molecule has 0 spiro atoms. The van der Waals surface area contributed by atoms with Crippen LogP contribution < -0.4 is 15.4 Å². The highest BCUT2D eigenvalue weighted by Gasteiger charge is 2.24. The summed E-state index contributed by atoms with van der Waals surface area (Å²) in [6, 6.07) is 7.60. The van der Waals surface area contributed by atoms with Crippen molar-refractivity contribution in [3.05, 3.63) is 45.6 Å². The van der Waals surface area contributed by atoms with Crippen LogP contribution in [0.4, 0.5) is 10.5 Å². The van der Waals surface area contributed by atoms with Gasteiger partial charge in [0.25, 0.3) is 0 Å². The average Bonchev–Trinajstić information content (AvgIpc) is 3.51. The van der Waals surface area contributed by atoms with E-state index >= 15 is 0 Å². The number of ether oxygens (including phenoxy) is 2. The molecule has 3 amide bonds. The number of hydrogen-bond acceptors (Lipinski definition) is 6. The van der Waals surface area contributed by atoms with Gasteiger partial charge in [0.05, 0.1) is 25.9 Å². The van der Waals surface area contributed by atoms with Crippen molar-refractivity contribution < 1.29 is 23.9 Å². The molecule has 0 radical (unpaired) electrons. The van der Waals surface area contributed by atoms with E-state index in [2.05, 4.69) is 10.6 Å². The molecule has 164 valence electrons. The summed E-state index contributed by atoms with van der Waals surface area (Å²) in [4.78, 5) is 38.7. The summed E-state index contributed by atoms with van der Waals surface area (Å²) >= 11 is 1.22. The van der Waals surface area contributed by atoms with E-state index in [-0.39, 0.29) is 11.9 Å². The minimum Gasteiger partial charge on any atom is -0.491 e. The fourth-order valence-electron chi connectivity index (χ4n) is 3.41. The first-order valence-electron chi connectivity index (χ1n) is 10.3. The van der Waals surface area contributed by atoms with E-state index in [1.165, 1.54) is 18.4 Å². The van der Waals surface area contributed by atoms with Gasteiger partial charge in [-0.25, -0.2) is 9.59 Å². The number of rotatable bonds is 6. The van der Waals surface area contributed by atoms with Crippen molar-refractivity contribution in [2.75, 3.05) is 25.6 Å². The predicted molar refractivity (Wildman–Crippen MR) is 117 cm³/mol. The topological polar surface area (TPSA) is 97.0 Å². The molecule has 1 saturated carbocycles. The van der Waals surface area contributed by atoms with Gasteiger partial charge in [0.15, 0.2) is 0 Å². The van der Waals surface area contributed by atoms with Crippen molar-refractivity contribution in [3.63, 3.8) is 0 Å². The van der Waals surface area contributed by atoms with Crippen LogP contribution in [-0.4, -0.2) is 49.1 Å². The molecular weight excluding hydrogens is 418 g/mol. The minimum absolute atomic E-state index is 0.0758. The van der Waals surface area contributed by atoms with Crippen LogP contribution in [0, 0.1) is 0 Å². The molecule has 2 aromatic rings. The van der Waals surface area contributed by atoms with Crippen LogP contribution in [0.1, 0.15) is 40.1 Å². The van der Waals surface area contributed by atoms with Gasteiger partial charge in [0, 0.05) is 18.0 Å². The van der Waals surface area contributed by atoms with Crippen LogP contribution in [0.5, 0.6) is 5.75 Å². The number of esters is 1. The Bertz CT molecular complexity index is 985. The van der Waals surface area contributed by atoms with Crippen molar-refractivity contribution in [1.29, 1.82) is 0 Å². The normalized spacial score (nSPS) is 15.3. The zero-order valence-electron chi connectivity index (χ0n) is 17.3. The van der Waals surface area contributed by atoms with E-state index in [0.717, 1.165) is 29.7 Å². The van der Waals surface area contributed by atoms with E-state index in [0.29, 0.717) is 49.1 Å². The number of amides is 3. The lowest BCUT2D eigenvalue weighted by Gasteiger charge is -2.20. The monoisotopic (exact) mass is 443 g/mol. The first kappa shape index (κ1) is 21.2. The summed E-state index contributed by atoms with van der Waals surface area (Å²) in [5.74, 6) is 0.337. The maximum absolute atomic E-state index is 12.9. The lowest BCUT2D eigenvalue weighted by atomic mass is 10.0. The third-order valence-electron chi connectivity index (χ3n) is 5.25. The number of hydrogen-bond donors (Lipinski definition) is 2. The summed E-state index contributed by atoms with van der Waals surface area (Å²) in [5, 5.41) is 7.53. The molecular formula is C22H25N3O5S. The molecule has 2 aliphatic rings. The second-order valence-corrected chi connectivity index (χ2v) is 8.56. The number of fused-ring (bicyclic) bond motifs is 1. The predicted octanol–water partition coefficient (Wildman–Crippen LogP) is 3.17. The van der Waals surface area contributed by atoms with Crippen LogP contribution in [0.25, 0.3) is 0 Å². The Hall–Kier alpha value is -3.07. The Morgan fingerprint density at radius 3 is 2.87 bits per heavy atom. The maximum atomic E-state index is 12.9. The van der Waals surface area contributed by atoms with Crippen molar-refractivity contribution in [2.24, 2.45) is 0 Å². The molecule has 9 heteroatoms. The summed E-state index contributed by atoms with van der Waals surface area (Å²) in [7, 11) is 1.31. The molecule has 2 heterocycles. The molecule has 1 aliphatic heterocycles. The summed E-state index contributed by atoms with van der Waals surface area (Å²) in [5.41, 5.74) is 2.36. The zero-order chi connectivity index (χ0) is 21.8. The van der Waals surface area contributed by atoms with E-state index in [1.54, 1.807) is 16.3 Å². The van der Waals surface area contributed by atoms with Gasteiger partial charge in [0.2, 0.25) is 5.91 Å². The zero-order valence-corrected chi connectivity index (χ0v) is 18.1. The van der Waals surface area contributed by atoms with E-state index < -0.39 is 5.97 Å². The van der Waals surface area contributed by atoms with Crippen LogP contribution in [-0.2, 0) is 22.5 Å². The quantitative estimate of drug-likeness (QED) is 0.669. The third kappa shape index (κ3) is 5.35. The van der Waals surface area contributed by atoms with Gasteiger partial charge in [-0.15, -0.1) is 11.3 Å².